The minimum absolute atomic E-state index is 0.171. The van der Waals surface area contributed by atoms with Crippen molar-refractivity contribution in [3.05, 3.63) is 53.8 Å². The van der Waals surface area contributed by atoms with Crippen molar-refractivity contribution in [2.75, 3.05) is 0 Å². The number of ether oxygens (including phenoxy) is 1. The van der Waals surface area contributed by atoms with E-state index in [2.05, 4.69) is 0 Å². The second-order valence-electron chi connectivity index (χ2n) is 3.57. The Balaban J connectivity index is 2.02. The van der Waals surface area contributed by atoms with Crippen LogP contribution in [0.4, 0.5) is 4.39 Å². The molecule has 0 heterocycles. The van der Waals surface area contributed by atoms with E-state index in [1.807, 2.05) is 0 Å². The molecule has 0 bridgehead atoms. The molecule has 0 atom stereocenters. The fraction of sp³-hybridized carbons (Fsp3) is 0.0769. The zero-order chi connectivity index (χ0) is 12.3. The number of hydrogen-bond donors (Lipinski definition) is 2. The summed E-state index contributed by atoms with van der Waals surface area (Å²) in [7, 11) is 0. The van der Waals surface area contributed by atoms with Crippen molar-refractivity contribution in [2.24, 2.45) is 0 Å². The van der Waals surface area contributed by atoms with Gasteiger partial charge >= 0.3 is 0 Å². The summed E-state index contributed by atoms with van der Waals surface area (Å²) >= 11 is 0. The van der Waals surface area contributed by atoms with Gasteiger partial charge in [-0.15, -0.1) is 0 Å². The summed E-state index contributed by atoms with van der Waals surface area (Å²) in [5.74, 6) is -0.140. The van der Waals surface area contributed by atoms with Crippen LogP contribution in [0.1, 0.15) is 5.56 Å². The Kier molecular flexibility index (Phi) is 3.14. The highest BCUT2D eigenvalue weighted by molar-refractivity contribution is 5.40. The molecule has 0 saturated heterocycles. The Morgan fingerprint density at radius 2 is 1.65 bits per heavy atom. The molecule has 17 heavy (non-hydrogen) atoms. The number of phenols is 2. The summed E-state index contributed by atoms with van der Waals surface area (Å²) in [6.45, 7) is 0.236. The molecule has 88 valence electrons. The lowest BCUT2D eigenvalue weighted by Gasteiger charge is -2.07. The number of aromatic hydroxyl groups is 2. The molecule has 0 aromatic heterocycles. The maximum absolute atomic E-state index is 12.6. The van der Waals surface area contributed by atoms with Gasteiger partial charge in [-0.25, -0.2) is 4.39 Å². The Bertz CT molecular complexity index is 509. The van der Waals surface area contributed by atoms with E-state index in [0.29, 0.717) is 11.3 Å². The maximum atomic E-state index is 12.6. The fourth-order valence-corrected chi connectivity index (χ4v) is 1.36. The van der Waals surface area contributed by atoms with Gasteiger partial charge in [0.15, 0.2) is 11.5 Å². The number of phenolic OH excluding ortho intramolecular Hbond substituents is 2. The van der Waals surface area contributed by atoms with Crippen LogP contribution in [0.25, 0.3) is 0 Å². The van der Waals surface area contributed by atoms with Crippen LogP contribution in [0.5, 0.6) is 17.2 Å². The summed E-state index contributed by atoms with van der Waals surface area (Å²) in [5, 5.41) is 18.4. The predicted octanol–water partition coefficient (Wildman–Crippen LogP) is 2.82. The summed E-state index contributed by atoms with van der Waals surface area (Å²) in [6.07, 6.45) is 0. The van der Waals surface area contributed by atoms with Crippen molar-refractivity contribution >= 4 is 0 Å². The molecule has 2 aromatic rings. The Morgan fingerprint density at radius 3 is 2.29 bits per heavy atom. The third-order valence-electron chi connectivity index (χ3n) is 2.26. The summed E-state index contributed by atoms with van der Waals surface area (Å²) in [5.41, 5.74) is 0.713. The SMILES string of the molecule is Oc1ccc(COc2ccc(F)cc2)cc1O. The molecule has 0 aliphatic heterocycles. The van der Waals surface area contributed by atoms with Crippen molar-refractivity contribution in [1.82, 2.24) is 0 Å². The molecule has 2 N–H and O–H groups in total. The van der Waals surface area contributed by atoms with E-state index in [0.717, 1.165) is 0 Å². The largest absolute Gasteiger partial charge is 0.504 e. The molecule has 2 aromatic carbocycles. The van der Waals surface area contributed by atoms with Gasteiger partial charge < -0.3 is 14.9 Å². The lowest BCUT2D eigenvalue weighted by molar-refractivity contribution is 0.304. The quantitative estimate of drug-likeness (QED) is 0.803. The van der Waals surface area contributed by atoms with Crippen molar-refractivity contribution in [3.8, 4) is 17.2 Å². The lowest BCUT2D eigenvalue weighted by Crippen LogP contribution is -1.95. The van der Waals surface area contributed by atoms with Gasteiger partial charge in [-0.2, -0.15) is 0 Å². The first-order valence-electron chi connectivity index (χ1n) is 5.04. The van der Waals surface area contributed by atoms with Crippen molar-refractivity contribution in [2.45, 2.75) is 6.61 Å². The topological polar surface area (TPSA) is 49.7 Å². The van der Waals surface area contributed by atoms with Crippen molar-refractivity contribution < 1.29 is 19.3 Å². The molecular formula is C13H11FO3. The van der Waals surface area contributed by atoms with Crippen LogP contribution in [0.3, 0.4) is 0 Å². The monoisotopic (exact) mass is 234 g/mol. The van der Waals surface area contributed by atoms with Gasteiger partial charge in [0.2, 0.25) is 0 Å². The molecule has 4 heteroatoms. The fourth-order valence-electron chi connectivity index (χ4n) is 1.36. The van der Waals surface area contributed by atoms with E-state index < -0.39 is 0 Å². The Morgan fingerprint density at radius 1 is 0.941 bits per heavy atom. The first-order valence-corrected chi connectivity index (χ1v) is 5.04. The van der Waals surface area contributed by atoms with E-state index in [1.165, 1.54) is 36.4 Å². The van der Waals surface area contributed by atoms with Crippen molar-refractivity contribution in [3.63, 3.8) is 0 Å². The van der Waals surface area contributed by atoms with Crippen LogP contribution < -0.4 is 4.74 Å². The third-order valence-corrected chi connectivity index (χ3v) is 2.26. The maximum Gasteiger partial charge on any atom is 0.157 e. The number of halogens is 1. The third kappa shape index (κ3) is 2.87. The normalized spacial score (nSPS) is 10.2. The average molecular weight is 234 g/mol. The predicted molar refractivity (Wildman–Crippen MR) is 60.5 cm³/mol. The highest BCUT2D eigenvalue weighted by atomic mass is 19.1. The van der Waals surface area contributed by atoms with Gasteiger partial charge in [0.05, 0.1) is 0 Å². The van der Waals surface area contributed by atoms with E-state index in [4.69, 9.17) is 9.84 Å². The lowest BCUT2D eigenvalue weighted by atomic mass is 10.2. The smallest absolute Gasteiger partial charge is 0.157 e. The molecule has 0 unspecified atom stereocenters. The van der Waals surface area contributed by atoms with Crippen LogP contribution >= 0.6 is 0 Å². The summed E-state index contributed by atoms with van der Waals surface area (Å²) in [4.78, 5) is 0. The van der Waals surface area contributed by atoms with Crippen LogP contribution in [0.2, 0.25) is 0 Å². The number of rotatable bonds is 3. The van der Waals surface area contributed by atoms with Gasteiger partial charge in [0.25, 0.3) is 0 Å². The molecule has 0 aliphatic carbocycles. The summed E-state index contributed by atoms with van der Waals surface area (Å²) < 4.78 is 18.0. The molecule has 2 rings (SSSR count). The van der Waals surface area contributed by atoms with Gasteiger partial charge in [-0.05, 0) is 42.0 Å². The second kappa shape index (κ2) is 4.74. The number of hydrogen-bond acceptors (Lipinski definition) is 3. The molecule has 0 amide bonds. The molecule has 3 nitrogen and oxygen atoms in total. The van der Waals surface area contributed by atoms with Crippen LogP contribution in [-0.2, 0) is 6.61 Å². The number of benzene rings is 2. The van der Waals surface area contributed by atoms with Gasteiger partial charge in [-0.1, -0.05) is 6.07 Å². The van der Waals surface area contributed by atoms with Gasteiger partial charge in [0.1, 0.15) is 18.2 Å². The minimum Gasteiger partial charge on any atom is -0.504 e. The van der Waals surface area contributed by atoms with Gasteiger partial charge in [0, 0.05) is 0 Å². The molecule has 0 fully saturated rings. The molecule has 0 spiro atoms. The van der Waals surface area contributed by atoms with Crippen LogP contribution in [-0.4, -0.2) is 10.2 Å². The Labute approximate surface area is 97.7 Å². The van der Waals surface area contributed by atoms with Crippen LogP contribution in [0, 0.1) is 5.82 Å². The molecule has 0 radical (unpaired) electrons. The van der Waals surface area contributed by atoms with Gasteiger partial charge in [-0.3, -0.25) is 0 Å². The second-order valence-corrected chi connectivity index (χ2v) is 3.57. The van der Waals surface area contributed by atoms with Crippen LogP contribution in [0.15, 0.2) is 42.5 Å². The standard InChI is InChI=1S/C13H11FO3/c14-10-2-4-11(5-3-10)17-8-9-1-6-12(15)13(16)7-9/h1-7,15-16H,8H2. The highest BCUT2D eigenvalue weighted by Gasteiger charge is 2.01. The zero-order valence-corrected chi connectivity index (χ0v) is 8.93. The van der Waals surface area contributed by atoms with E-state index in [-0.39, 0.29) is 23.9 Å². The average Bonchev–Trinajstić information content (AvgIpc) is 2.33. The van der Waals surface area contributed by atoms with E-state index in [1.54, 1.807) is 6.07 Å². The zero-order valence-electron chi connectivity index (χ0n) is 8.93. The molecular weight excluding hydrogens is 223 g/mol. The van der Waals surface area contributed by atoms with E-state index in [9.17, 15) is 9.50 Å². The molecule has 0 aliphatic rings. The minimum atomic E-state index is -0.320. The molecule has 0 saturated carbocycles. The summed E-state index contributed by atoms with van der Waals surface area (Å²) in [6, 6.07) is 10.1. The highest BCUT2D eigenvalue weighted by Crippen LogP contribution is 2.25. The first kappa shape index (κ1) is 11.3. The van der Waals surface area contributed by atoms with E-state index >= 15 is 0 Å². The Hall–Kier alpha value is -2.23. The first-order chi connectivity index (χ1) is 8.15. The van der Waals surface area contributed by atoms with Crippen molar-refractivity contribution in [1.29, 1.82) is 0 Å².